The summed E-state index contributed by atoms with van der Waals surface area (Å²) >= 11 is 0. The molecule has 1 saturated carbocycles. The smallest absolute Gasteiger partial charge is 0.119 e. The Kier molecular flexibility index (Phi) is 3.27. The number of ether oxygens (including phenoxy) is 1. The first-order valence-electron chi connectivity index (χ1n) is 5.79. The zero-order chi connectivity index (χ0) is 10.7. The van der Waals surface area contributed by atoms with Crippen molar-refractivity contribution in [2.24, 2.45) is 11.7 Å². The molecule has 82 valence electrons. The topological polar surface area (TPSA) is 35.2 Å². The summed E-state index contributed by atoms with van der Waals surface area (Å²) in [6, 6.07) is 8.39. The van der Waals surface area contributed by atoms with E-state index in [0.717, 1.165) is 5.75 Å². The second-order valence-corrected chi connectivity index (χ2v) is 4.22. The van der Waals surface area contributed by atoms with Crippen LogP contribution in [0.4, 0.5) is 0 Å². The summed E-state index contributed by atoms with van der Waals surface area (Å²) in [5.74, 6) is 1.62. The van der Waals surface area contributed by atoms with Crippen LogP contribution in [0, 0.1) is 5.92 Å². The second kappa shape index (κ2) is 4.67. The van der Waals surface area contributed by atoms with E-state index in [1.807, 2.05) is 19.1 Å². The molecule has 1 unspecified atom stereocenters. The Morgan fingerprint density at radius 1 is 1.47 bits per heavy atom. The van der Waals surface area contributed by atoms with E-state index in [0.29, 0.717) is 12.5 Å². The summed E-state index contributed by atoms with van der Waals surface area (Å²) in [4.78, 5) is 0. The van der Waals surface area contributed by atoms with Crippen LogP contribution in [0.25, 0.3) is 0 Å². The van der Waals surface area contributed by atoms with Gasteiger partial charge in [0.15, 0.2) is 0 Å². The minimum atomic E-state index is 0.194. The Bertz CT molecular complexity index is 320. The van der Waals surface area contributed by atoms with E-state index in [-0.39, 0.29) is 6.04 Å². The number of nitrogens with two attached hydrogens (primary N) is 1. The van der Waals surface area contributed by atoms with Crippen molar-refractivity contribution in [1.29, 1.82) is 0 Å². The van der Waals surface area contributed by atoms with E-state index < -0.39 is 0 Å². The second-order valence-electron chi connectivity index (χ2n) is 4.22. The molecule has 0 radical (unpaired) electrons. The van der Waals surface area contributed by atoms with Crippen LogP contribution in [-0.4, -0.2) is 6.61 Å². The van der Waals surface area contributed by atoms with Gasteiger partial charge in [0.25, 0.3) is 0 Å². The number of benzene rings is 1. The van der Waals surface area contributed by atoms with E-state index in [9.17, 15) is 0 Å². The molecule has 1 atom stereocenters. The van der Waals surface area contributed by atoms with E-state index in [1.165, 1.54) is 24.8 Å². The minimum Gasteiger partial charge on any atom is -0.494 e. The minimum absolute atomic E-state index is 0.194. The van der Waals surface area contributed by atoms with Gasteiger partial charge in [-0.05, 0) is 43.4 Å². The third-order valence-electron chi connectivity index (χ3n) is 3.21. The molecule has 0 heterocycles. The first-order valence-corrected chi connectivity index (χ1v) is 5.79. The van der Waals surface area contributed by atoms with Crippen molar-refractivity contribution in [1.82, 2.24) is 0 Å². The van der Waals surface area contributed by atoms with E-state index in [4.69, 9.17) is 10.5 Å². The van der Waals surface area contributed by atoms with Gasteiger partial charge in [0.2, 0.25) is 0 Å². The summed E-state index contributed by atoms with van der Waals surface area (Å²) in [7, 11) is 0. The molecule has 0 saturated heterocycles. The average Bonchev–Trinajstić information content (AvgIpc) is 2.16. The Hall–Kier alpha value is -1.02. The Morgan fingerprint density at radius 3 is 2.87 bits per heavy atom. The van der Waals surface area contributed by atoms with Crippen molar-refractivity contribution in [3.8, 4) is 5.75 Å². The molecule has 0 bridgehead atoms. The van der Waals surface area contributed by atoms with Gasteiger partial charge in [0, 0.05) is 6.04 Å². The van der Waals surface area contributed by atoms with Crippen LogP contribution in [0.3, 0.4) is 0 Å². The van der Waals surface area contributed by atoms with Crippen LogP contribution in [0.5, 0.6) is 5.75 Å². The summed E-state index contributed by atoms with van der Waals surface area (Å²) in [6.07, 6.45) is 3.89. The largest absolute Gasteiger partial charge is 0.494 e. The molecule has 1 fully saturated rings. The van der Waals surface area contributed by atoms with Gasteiger partial charge < -0.3 is 10.5 Å². The number of hydrogen-bond donors (Lipinski definition) is 1. The van der Waals surface area contributed by atoms with Gasteiger partial charge in [0.1, 0.15) is 5.75 Å². The molecule has 2 rings (SSSR count). The van der Waals surface area contributed by atoms with Gasteiger partial charge in [-0.3, -0.25) is 0 Å². The molecular weight excluding hydrogens is 186 g/mol. The van der Waals surface area contributed by atoms with Gasteiger partial charge in [-0.1, -0.05) is 18.6 Å². The van der Waals surface area contributed by atoms with Gasteiger partial charge in [-0.2, -0.15) is 0 Å². The third-order valence-corrected chi connectivity index (χ3v) is 3.21. The number of hydrogen-bond acceptors (Lipinski definition) is 2. The van der Waals surface area contributed by atoms with Gasteiger partial charge in [-0.15, -0.1) is 0 Å². The third kappa shape index (κ3) is 2.32. The van der Waals surface area contributed by atoms with Gasteiger partial charge in [0.05, 0.1) is 6.61 Å². The average molecular weight is 205 g/mol. The Labute approximate surface area is 91.4 Å². The summed E-state index contributed by atoms with van der Waals surface area (Å²) < 4.78 is 5.47. The highest BCUT2D eigenvalue weighted by molar-refractivity contribution is 5.31. The highest BCUT2D eigenvalue weighted by atomic mass is 16.5. The van der Waals surface area contributed by atoms with Crippen molar-refractivity contribution < 1.29 is 4.74 Å². The molecule has 1 aliphatic rings. The molecule has 0 amide bonds. The molecule has 2 nitrogen and oxygen atoms in total. The number of rotatable bonds is 4. The standard InChI is InChI=1S/C13H19NO/c1-2-15-12-8-4-7-11(9-12)13(14)10-5-3-6-10/h4,7-10,13H,2-3,5-6,14H2,1H3. The summed E-state index contributed by atoms with van der Waals surface area (Å²) in [6.45, 7) is 2.71. The van der Waals surface area contributed by atoms with Crippen molar-refractivity contribution in [2.75, 3.05) is 6.61 Å². The maximum atomic E-state index is 6.21. The zero-order valence-electron chi connectivity index (χ0n) is 9.28. The lowest BCUT2D eigenvalue weighted by molar-refractivity contribution is 0.263. The molecule has 1 aromatic carbocycles. The predicted molar refractivity (Wildman–Crippen MR) is 61.9 cm³/mol. The maximum Gasteiger partial charge on any atom is 0.119 e. The molecular formula is C13H19NO. The van der Waals surface area contributed by atoms with Crippen LogP contribution < -0.4 is 10.5 Å². The van der Waals surface area contributed by atoms with Crippen molar-refractivity contribution in [3.05, 3.63) is 29.8 Å². The molecule has 1 aliphatic carbocycles. The molecule has 15 heavy (non-hydrogen) atoms. The summed E-state index contributed by atoms with van der Waals surface area (Å²) in [5.41, 5.74) is 7.42. The first-order chi connectivity index (χ1) is 7.31. The normalized spacial score (nSPS) is 18.3. The maximum absolute atomic E-state index is 6.21. The highest BCUT2D eigenvalue weighted by Crippen LogP contribution is 2.36. The van der Waals surface area contributed by atoms with Crippen LogP contribution >= 0.6 is 0 Å². The first kappa shape index (κ1) is 10.5. The van der Waals surface area contributed by atoms with Crippen molar-refractivity contribution in [2.45, 2.75) is 32.2 Å². The highest BCUT2D eigenvalue weighted by Gasteiger charge is 2.25. The molecule has 0 spiro atoms. The van der Waals surface area contributed by atoms with Crippen molar-refractivity contribution in [3.63, 3.8) is 0 Å². The molecule has 0 aromatic heterocycles. The Morgan fingerprint density at radius 2 is 2.27 bits per heavy atom. The lowest BCUT2D eigenvalue weighted by Crippen LogP contribution is -2.26. The zero-order valence-corrected chi connectivity index (χ0v) is 9.28. The fraction of sp³-hybridized carbons (Fsp3) is 0.538. The van der Waals surface area contributed by atoms with Crippen LogP contribution in [0.15, 0.2) is 24.3 Å². The van der Waals surface area contributed by atoms with E-state index >= 15 is 0 Å². The molecule has 0 aliphatic heterocycles. The predicted octanol–water partition coefficient (Wildman–Crippen LogP) is 2.89. The van der Waals surface area contributed by atoms with E-state index in [2.05, 4.69) is 12.1 Å². The SMILES string of the molecule is CCOc1cccc(C(N)C2CCC2)c1. The lowest BCUT2D eigenvalue weighted by atomic mass is 9.77. The quantitative estimate of drug-likeness (QED) is 0.820. The monoisotopic (exact) mass is 205 g/mol. The van der Waals surface area contributed by atoms with Crippen LogP contribution in [0.2, 0.25) is 0 Å². The van der Waals surface area contributed by atoms with E-state index in [1.54, 1.807) is 0 Å². The fourth-order valence-corrected chi connectivity index (χ4v) is 2.05. The fourth-order valence-electron chi connectivity index (χ4n) is 2.05. The van der Waals surface area contributed by atoms with Crippen molar-refractivity contribution >= 4 is 0 Å². The Balaban J connectivity index is 2.09. The molecule has 1 aromatic rings. The van der Waals surface area contributed by atoms with Crippen LogP contribution in [0.1, 0.15) is 37.8 Å². The van der Waals surface area contributed by atoms with Crippen LogP contribution in [-0.2, 0) is 0 Å². The van der Waals surface area contributed by atoms with Gasteiger partial charge >= 0.3 is 0 Å². The molecule has 2 N–H and O–H groups in total. The lowest BCUT2D eigenvalue weighted by Gasteiger charge is -2.31. The van der Waals surface area contributed by atoms with Gasteiger partial charge in [-0.25, -0.2) is 0 Å². The molecule has 2 heteroatoms. The summed E-state index contributed by atoms with van der Waals surface area (Å²) in [5, 5.41) is 0.